The molecule has 5 rings (SSSR count). The fraction of sp³-hybridized carbons (Fsp3) is 0.208. The molecule has 0 aliphatic heterocycles. The lowest BCUT2D eigenvalue weighted by Crippen LogP contribution is -2.40. The molecule has 1 fully saturated rings. The number of hydrogen-bond donors (Lipinski definition) is 2. The fourth-order valence-corrected chi connectivity index (χ4v) is 4.35. The fourth-order valence-electron chi connectivity index (χ4n) is 4.35. The Kier molecular flexibility index (Phi) is 4.37. The number of imidazole rings is 1. The minimum atomic E-state index is -0.722. The van der Waals surface area contributed by atoms with Crippen LogP contribution < -0.4 is 5.73 Å². The van der Waals surface area contributed by atoms with Gasteiger partial charge in [-0.2, -0.15) is 0 Å². The van der Waals surface area contributed by atoms with Crippen molar-refractivity contribution in [3.05, 3.63) is 83.7 Å². The van der Waals surface area contributed by atoms with E-state index in [0.29, 0.717) is 29.6 Å². The van der Waals surface area contributed by atoms with Crippen LogP contribution in [0.2, 0.25) is 0 Å². The molecule has 0 unspecified atom stereocenters. The van der Waals surface area contributed by atoms with Crippen molar-refractivity contribution in [1.29, 1.82) is 0 Å². The van der Waals surface area contributed by atoms with Gasteiger partial charge in [0.25, 0.3) is 0 Å². The third-order valence-electron chi connectivity index (χ3n) is 5.87. The molecular formula is C24H21FN4O2. The number of rotatable bonds is 4. The average Bonchev–Trinajstić information content (AvgIpc) is 3.12. The van der Waals surface area contributed by atoms with Gasteiger partial charge < -0.3 is 10.8 Å². The number of carbonyl (C=O) groups excluding carboxylic acids is 1. The van der Waals surface area contributed by atoms with Gasteiger partial charge in [0.15, 0.2) is 5.78 Å². The molecule has 2 heterocycles. The topological polar surface area (TPSA) is 93.5 Å². The van der Waals surface area contributed by atoms with E-state index in [1.54, 1.807) is 55.7 Å². The van der Waals surface area contributed by atoms with Crippen molar-refractivity contribution in [3.8, 4) is 11.3 Å². The Hall–Kier alpha value is -3.58. The van der Waals surface area contributed by atoms with Crippen LogP contribution >= 0.6 is 0 Å². The van der Waals surface area contributed by atoms with E-state index in [0.717, 1.165) is 5.82 Å². The number of anilines is 1. The Morgan fingerprint density at radius 2 is 1.94 bits per heavy atom. The van der Waals surface area contributed by atoms with Crippen molar-refractivity contribution in [2.45, 2.75) is 31.3 Å². The Labute approximate surface area is 178 Å². The van der Waals surface area contributed by atoms with E-state index < -0.39 is 11.4 Å². The Morgan fingerprint density at radius 3 is 2.61 bits per heavy atom. The van der Waals surface area contributed by atoms with E-state index in [-0.39, 0.29) is 28.6 Å². The number of nitrogens with two attached hydrogens (primary N) is 1. The highest BCUT2D eigenvalue weighted by atomic mass is 19.1. The Bertz CT molecular complexity index is 1310. The summed E-state index contributed by atoms with van der Waals surface area (Å²) in [5, 5.41) is 10.2. The summed E-state index contributed by atoms with van der Waals surface area (Å²) in [6.07, 6.45) is 4.46. The van der Waals surface area contributed by atoms with Crippen molar-refractivity contribution in [2.75, 3.05) is 5.73 Å². The maximum atomic E-state index is 15.2. The summed E-state index contributed by atoms with van der Waals surface area (Å²) in [6, 6.07) is 13.1. The van der Waals surface area contributed by atoms with Crippen molar-refractivity contribution in [1.82, 2.24) is 14.4 Å². The zero-order valence-electron chi connectivity index (χ0n) is 16.9. The van der Waals surface area contributed by atoms with Gasteiger partial charge in [0.2, 0.25) is 0 Å². The lowest BCUT2D eigenvalue weighted by atomic mass is 9.72. The van der Waals surface area contributed by atoms with Gasteiger partial charge >= 0.3 is 0 Å². The molecule has 7 heteroatoms. The van der Waals surface area contributed by atoms with Crippen LogP contribution in [0.1, 0.15) is 47.4 Å². The highest BCUT2D eigenvalue weighted by Gasteiger charge is 2.41. The first-order valence-corrected chi connectivity index (χ1v) is 10.1. The number of nitrogens with zero attached hydrogens (tertiary/aromatic N) is 3. The molecule has 3 N–H and O–H groups in total. The first-order valence-electron chi connectivity index (χ1n) is 10.1. The highest BCUT2D eigenvalue weighted by Crippen LogP contribution is 2.45. The van der Waals surface area contributed by atoms with Gasteiger partial charge in [-0.3, -0.25) is 9.20 Å². The molecule has 31 heavy (non-hydrogen) atoms. The van der Waals surface area contributed by atoms with Crippen LogP contribution in [0.5, 0.6) is 0 Å². The molecule has 2 aromatic carbocycles. The zero-order chi connectivity index (χ0) is 21.8. The van der Waals surface area contributed by atoms with E-state index in [4.69, 9.17) is 10.7 Å². The zero-order valence-corrected chi connectivity index (χ0v) is 16.9. The highest BCUT2D eigenvalue weighted by molar-refractivity contribution is 6.09. The number of aromatic nitrogens is 3. The maximum absolute atomic E-state index is 15.2. The summed E-state index contributed by atoms with van der Waals surface area (Å²) < 4.78 is 17.0. The summed E-state index contributed by atoms with van der Waals surface area (Å²) in [5.74, 6) is 0.192. The predicted octanol–water partition coefficient (Wildman–Crippen LogP) is 3.98. The SMILES string of the molecule is C[C@]1(O)C[C@H](c2nc(-c3ccc(C(=O)c4ccccc4)cc3F)c3c(N)nccn32)C1. The molecule has 2 aromatic heterocycles. The summed E-state index contributed by atoms with van der Waals surface area (Å²) in [4.78, 5) is 21.5. The van der Waals surface area contributed by atoms with Crippen LogP contribution in [-0.4, -0.2) is 30.9 Å². The molecule has 1 saturated carbocycles. The minimum absolute atomic E-state index is 0.0417. The van der Waals surface area contributed by atoms with E-state index in [9.17, 15) is 9.90 Å². The monoisotopic (exact) mass is 416 g/mol. The second-order valence-electron chi connectivity index (χ2n) is 8.34. The molecule has 0 radical (unpaired) electrons. The molecule has 0 amide bonds. The molecule has 0 spiro atoms. The van der Waals surface area contributed by atoms with Crippen LogP contribution in [0.3, 0.4) is 0 Å². The van der Waals surface area contributed by atoms with Crippen LogP contribution in [0.15, 0.2) is 60.9 Å². The molecule has 6 nitrogen and oxygen atoms in total. The van der Waals surface area contributed by atoms with Gasteiger partial charge in [-0.25, -0.2) is 14.4 Å². The lowest BCUT2D eigenvalue weighted by Gasteiger charge is -2.40. The number of carbonyl (C=O) groups is 1. The predicted molar refractivity (Wildman–Crippen MR) is 115 cm³/mol. The molecule has 156 valence electrons. The number of aliphatic hydroxyl groups is 1. The van der Waals surface area contributed by atoms with Crippen molar-refractivity contribution in [3.63, 3.8) is 0 Å². The smallest absolute Gasteiger partial charge is 0.193 e. The van der Waals surface area contributed by atoms with Gasteiger partial charge in [-0.15, -0.1) is 0 Å². The third-order valence-corrected chi connectivity index (χ3v) is 5.87. The van der Waals surface area contributed by atoms with Gasteiger partial charge in [-0.1, -0.05) is 36.4 Å². The van der Waals surface area contributed by atoms with Crippen LogP contribution in [0, 0.1) is 5.82 Å². The third kappa shape index (κ3) is 3.27. The number of benzene rings is 2. The summed E-state index contributed by atoms with van der Waals surface area (Å²) in [5.41, 5.74) is 7.31. The van der Waals surface area contributed by atoms with E-state index in [2.05, 4.69) is 4.98 Å². The van der Waals surface area contributed by atoms with E-state index in [1.807, 2.05) is 10.5 Å². The lowest BCUT2D eigenvalue weighted by molar-refractivity contribution is -0.0335. The van der Waals surface area contributed by atoms with E-state index >= 15 is 4.39 Å². The molecule has 0 saturated heterocycles. The number of nitrogen functional groups attached to an aromatic ring is 1. The van der Waals surface area contributed by atoms with Crippen molar-refractivity contribution >= 4 is 17.1 Å². The summed E-state index contributed by atoms with van der Waals surface area (Å²) in [6.45, 7) is 1.79. The first-order chi connectivity index (χ1) is 14.8. The van der Waals surface area contributed by atoms with Crippen LogP contribution in [-0.2, 0) is 0 Å². The number of fused-ring (bicyclic) bond motifs is 1. The Morgan fingerprint density at radius 1 is 1.19 bits per heavy atom. The molecule has 1 aliphatic carbocycles. The number of halogens is 1. The maximum Gasteiger partial charge on any atom is 0.193 e. The van der Waals surface area contributed by atoms with Gasteiger partial charge in [0.05, 0.1) is 5.60 Å². The molecule has 4 aromatic rings. The van der Waals surface area contributed by atoms with Crippen molar-refractivity contribution in [2.24, 2.45) is 0 Å². The Balaban J connectivity index is 1.59. The van der Waals surface area contributed by atoms with Gasteiger partial charge in [0.1, 0.15) is 28.7 Å². The van der Waals surface area contributed by atoms with Gasteiger partial charge in [-0.05, 0) is 31.9 Å². The largest absolute Gasteiger partial charge is 0.390 e. The van der Waals surface area contributed by atoms with Crippen LogP contribution in [0.25, 0.3) is 16.8 Å². The molecular weight excluding hydrogens is 395 g/mol. The standard InChI is InChI=1S/C24H21FN4O2/c1-24(31)12-16(13-24)23-28-19(20-22(26)27-9-10-29(20)23)17-8-7-15(11-18(17)25)21(30)14-5-3-2-4-6-14/h2-11,16,31H,12-13H2,1H3,(H2,26,27)/t16-,24-. The number of hydrogen-bond acceptors (Lipinski definition) is 5. The second-order valence-corrected chi connectivity index (χ2v) is 8.34. The normalized spacial score (nSPS) is 20.5. The van der Waals surface area contributed by atoms with Crippen molar-refractivity contribution < 1.29 is 14.3 Å². The van der Waals surface area contributed by atoms with Gasteiger partial charge in [0, 0.05) is 35.0 Å². The summed E-state index contributed by atoms with van der Waals surface area (Å²) in [7, 11) is 0. The van der Waals surface area contributed by atoms with E-state index in [1.165, 1.54) is 6.07 Å². The number of ketones is 1. The molecule has 0 atom stereocenters. The molecule has 0 bridgehead atoms. The average molecular weight is 416 g/mol. The molecule has 1 aliphatic rings. The quantitative estimate of drug-likeness (QED) is 0.491. The van der Waals surface area contributed by atoms with Crippen LogP contribution in [0.4, 0.5) is 10.2 Å². The second kappa shape index (κ2) is 6.99. The minimum Gasteiger partial charge on any atom is -0.390 e. The summed E-state index contributed by atoms with van der Waals surface area (Å²) >= 11 is 0. The first kappa shape index (κ1) is 19.4.